The number of benzene rings is 1. The maximum atomic E-state index is 5.06. The van der Waals surface area contributed by atoms with Gasteiger partial charge in [0.1, 0.15) is 0 Å². The van der Waals surface area contributed by atoms with E-state index in [-0.39, 0.29) is 24.9 Å². The monoisotopic (exact) mass is 520 g/mol. The summed E-state index contributed by atoms with van der Waals surface area (Å²) in [6.07, 6.45) is 4.97. The normalized spacial score (nSPS) is 14.0. The summed E-state index contributed by atoms with van der Waals surface area (Å²) in [6.45, 7) is 11.0. The second-order valence-electron chi connectivity index (χ2n) is 10.4. The predicted molar refractivity (Wildman–Crippen MR) is 144 cm³/mol. The van der Waals surface area contributed by atoms with Gasteiger partial charge in [-0.1, -0.05) is 67.9 Å². The van der Waals surface area contributed by atoms with Gasteiger partial charge in [-0.15, -0.1) is 22.1 Å². The molecule has 0 fully saturated rings. The molecule has 0 spiro atoms. The van der Waals surface area contributed by atoms with Gasteiger partial charge >= 0.3 is 19.5 Å². The minimum Gasteiger partial charge on any atom is -0.657 e. The first-order valence-corrected chi connectivity index (χ1v) is 12.1. The van der Waals surface area contributed by atoms with Gasteiger partial charge in [-0.25, -0.2) is 4.98 Å². The first kappa shape index (κ1) is 24.4. The fourth-order valence-corrected chi connectivity index (χ4v) is 5.37. The van der Waals surface area contributed by atoms with Gasteiger partial charge < -0.3 is 9.97 Å². The standard InChI is InChI=1S/C31H28N4.Zn/c1-18-12-19(2)29(20(3)13-18)30-26-10-8-22(33-26)14-21-6-7-24(32-21)16-28-31(4,5)17-25(35-28)15-23-9-11-27(30)34-23;/h6-16H,17H2,1-5H3;/q-2;+2. The topological polar surface area (TPSA) is 54.0 Å². The van der Waals surface area contributed by atoms with Crippen LogP contribution in [0.5, 0.6) is 0 Å². The molecule has 0 amide bonds. The van der Waals surface area contributed by atoms with E-state index < -0.39 is 0 Å². The van der Waals surface area contributed by atoms with E-state index >= 15 is 0 Å². The van der Waals surface area contributed by atoms with Crippen LogP contribution in [0.4, 0.5) is 0 Å². The summed E-state index contributed by atoms with van der Waals surface area (Å²) in [5.74, 6) is 0. The van der Waals surface area contributed by atoms with E-state index in [0.29, 0.717) is 0 Å². The summed E-state index contributed by atoms with van der Waals surface area (Å²) in [6, 6.07) is 19.1. The first-order chi connectivity index (χ1) is 16.7. The molecule has 0 N–H and O–H groups in total. The van der Waals surface area contributed by atoms with Gasteiger partial charge in [0.05, 0.1) is 11.4 Å². The van der Waals surface area contributed by atoms with Crippen molar-refractivity contribution in [1.82, 2.24) is 19.9 Å². The second-order valence-corrected chi connectivity index (χ2v) is 10.4. The van der Waals surface area contributed by atoms with Crippen molar-refractivity contribution in [2.24, 2.45) is 0 Å². The van der Waals surface area contributed by atoms with Crippen LogP contribution in [0.3, 0.4) is 0 Å². The van der Waals surface area contributed by atoms with Crippen LogP contribution in [0.1, 0.15) is 53.3 Å². The van der Waals surface area contributed by atoms with Gasteiger partial charge in [-0.3, -0.25) is 4.98 Å². The van der Waals surface area contributed by atoms with Crippen molar-refractivity contribution in [1.29, 1.82) is 0 Å². The first-order valence-electron chi connectivity index (χ1n) is 12.1. The zero-order valence-corrected chi connectivity index (χ0v) is 24.5. The summed E-state index contributed by atoms with van der Waals surface area (Å²) in [5.41, 5.74) is 13.5. The molecule has 1 aromatic carbocycles. The van der Waals surface area contributed by atoms with Gasteiger partial charge in [0.25, 0.3) is 0 Å². The number of hydrogen-bond donors (Lipinski definition) is 0. The molecule has 0 radical (unpaired) electrons. The zero-order valence-electron chi connectivity index (χ0n) is 21.6. The summed E-state index contributed by atoms with van der Waals surface area (Å²) in [4.78, 5) is 19.9. The Labute approximate surface area is 224 Å². The van der Waals surface area contributed by atoms with E-state index in [0.717, 1.165) is 56.8 Å². The summed E-state index contributed by atoms with van der Waals surface area (Å²) in [5, 5.41) is 0. The Bertz CT molecular complexity index is 1660. The van der Waals surface area contributed by atoms with Crippen molar-refractivity contribution in [3.05, 3.63) is 94.1 Å². The van der Waals surface area contributed by atoms with Crippen molar-refractivity contribution in [2.75, 3.05) is 0 Å². The Balaban J connectivity index is 0.00000267. The quantitative estimate of drug-likeness (QED) is 0.226. The Morgan fingerprint density at radius 1 is 0.694 bits per heavy atom. The zero-order chi connectivity index (χ0) is 24.3. The largest absolute Gasteiger partial charge is 2.00 e. The molecule has 174 valence electrons. The number of nitrogens with zero attached hydrogens (tertiary/aromatic N) is 4. The van der Waals surface area contributed by atoms with E-state index in [1.54, 1.807) is 0 Å². The SMILES string of the molecule is Cc1cc(C)c(-c2c3ccc(cc4nc(cc5nc(cc6ccc2[n-]6)CC5(C)C)C=C4)[n-]3)c(C)c1.[Zn+2]. The second kappa shape index (κ2) is 8.98. The number of aromatic nitrogens is 4. The minimum atomic E-state index is -0.0484. The molecule has 4 aromatic rings. The molecule has 0 atom stereocenters. The van der Waals surface area contributed by atoms with Crippen molar-refractivity contribution in [2.45, 2.75) is 46.5 Å². The molecule has 2 aliphatic heterocycles. The summed E-state index contributed by atoms with van der Waals surface area (Å²) >= 11 is 0. The Hall–Kier alpha value is -3.30. The van der Waals surface area contributed by atoms with Crippen LogP contribution in [-0.2, 0) is 31.3 Å². The number of fused-ring (bicyclic) bond motifs is 8. The third-order valence-electron chi connectivity index (χ3n) is 6.92. The minimum absolute atomic E-state index is 0. The number of aryl methyl sites for hydroxylation is 3. The average molecular weight is 522 g/mol. The van der Waals surface area contributed by atoms with Crippen LogP contribution in [-0.4, -0.2) is 9.97 Å². The van der Waals surface area contributed by atoms with Crippen LogP contribution in [0.15, 0.2) is 54.6 Å². The predicted octanol–water partition coefficient (Wildman–Crippen LogP) is 6.85. The average Bonchev–Trinajstić information content (AvgIpc) is 3.55. The molecule has 3 aromatic heterocycles. The molecule has 2 aliphatic rings. The van der Waals surface area contributed by atoms with Crippen molar-refractivity contribution in [3.8, 4) is 11.1 Å². The van der Waals surface area contributed by atoms with Crippen LogP contribution >= 0.6 is 0 Å². The van der Waals surface area contributed by atoms with E-state index in [4.69, 9.17) is 19.9 Å². The van der Waals surface area contributed by atoms with Crippen molar-refractivity contribution in [3.63, 3.8) is 0 Å². The molecule has 5 heteroatoms. The van der Waals surface area contributed by atoms with E-state index in [2.05, 4.69) is 89.2 Å². The number of hydrogen-bond acceptors (Lipinski definition) is 2. The molecule has 0 unspecified atom stereocenters. The molecular weight excluding hydrogens is 494 g/mol. The van der Waals surface area contributed by atoms with Crippen molar-refractivity contribution < 1.29 is 19.5 Å². The molecular formula is C31H28N4Zn. The molecule has 6 rings (SSSR count). The van der Waals surface area contributed by atoms with Gasteiger partial charge in [0, 0.05) is 23.2 Å². The van der Waals surface area contributed by atoms with Crippen LogP contribution < -0.4 is 9.97 Å². The van der Waals surface area contributed by atoms with Crippen molar-refractivity contribution >= 4 is 34.2 Å². The van der Waals surface area contributed by atoms with Crippen LogP contribution in [0.2, 0.25) is 0 Å². The fourth-order valence-electron chi connectivity index (χ4n) is 5.37. The van der Waals surface area contributed by atoms with Crippen LogP contribution in [0.25, 0.3) is 45.3 Å². The summed E-state index contributed by atoms with van der Waals surface area (Å²) < 4.78 is 0. The Morgan fingerprint density at radius 2 is 1.28 bits per heavy atom. The molecule has 0 saturated carbocycles. The molecule has 0 saturated heterocycles. The van der Waals surface area contributed by atoms with Crippen LogP contribution in [0, 0.1) is 20.8 Å². The van der Waals surface area contributed by atoms with Gasteiger partial charge in [0.2, 0.25) is 0 Å². The van der Waals surface area contributed by atoms with E-state index in [9.17, 15) is 0 Å². The maximum absolute atomic E-state index is 5.06. The Morgan fingerprint density at radius 3 is 1.92 bits per heavy atom. The van der Waals surface area contributed by atoms with E-state index in [1.165, 1.54) is 22.3 Å². The Kier molecular flexibility index (Phi) is 6.08. The molecule has 5 heterocycles. The third-order valence-corrected chi connectivity index (χ3v) is 6.92. The van der Waals surface area contributed by atoms with Gasteiger partial charge in [-0.05, 0) is 61.2 Å². The molecule has 36 heavy (non-hydrogen) atoms. The molecule has 4 nitrogen and oxygen atoms in total. The summed E-state index contributed by atoms with van der Waals surface area (Å²) in [7, 11) is 0. The smallest absolute Gasteiger partial charge is 0.657 e. The van der Waals surface area contributed by atoms with Gasteiger partial charge in [0.15, 0.2) is 0 Å². The van der Waals surface area contributed by atoms with E-state index in [1.807, 2.05) is 12.1 Å². The van der Waals surface area contributed by atoms with Gasteiger partial charge in [-0.2, -0.15) is 0 Å². The maximum Gasteiger partial charge on any atom is 2.00 e. The fraction of sp³-hybridized carbons (Fsp3) is 0.226. The third kappa shape index (κ3) is 4.37. The molecule has 0 aliphatic carbocycles. The number of rotatable bonds is 1. The molecule has 8 bridgehead atoms.